The maximum Gasteiger partial charge on any atom is 0.196 e. The van der Waals surface area contributed by atoms with Gasteiger partial charge in [-0.2, -0.15) is 5.10 Å². The number of aliphatic hydroxyl groups excluding tert-OH is 1. The second-order valence-corrected chi connectivity index (χ2v) is 4.64. The van der Waals surface area contributed by atoms with Gasteiger partial charge in [-0.25, -0.2) is 14.5 Å². The van der Waals surface area contributed by atoms with E-state index >= 15 is 0 Å². The largest absolute Gasteiger partial charge is 0.394 e. The number of nitrogens with zero attached hydrogens (tertiary/aromatic N) is 4. The number of hydrogen-bond acceptors (Lipinski definition) is 6. The molecule has 3 N–H and O–H groups in total. The number of fused-ring (bicyclic) bond motifs is 1. The van der Waals surface area contributed by atoms with E-state index in [4.69, 9.17) is 15.6 Å². The van der Waals surface area contributed by atoms with Gasteiger partial charge in [-0.3, -0.25) is 0 Å². The fourth-order valence-corrected chi connectivity index (χ4v) is 2.46. The summed E-state index contributed by atoms with van der Waals surface area (Å²) in [6.45, 7) is 2.12. The summed E-state index contributed by atoms with van der Waals surface area (Å²) in [7, 11) is 0. The van der Waals surface area contributed by atoms with Gasteiger partial charge in [0, 0.05) is 0 Å². The van der Waals surface area contributed by atoms with Gasteiger partial charge in [0.25, 0.3) is 0 Å². The molecule has 96 valence electrons. The van der Waals surface area contributed by atoms with Crippen LogP contribution in [0, 0.1) is 5.92 Å². The minimum Gasteiger partial charge on any atom is -0.394 e. The molecule has 1 aliphatic heterocycles. The van der Waals surface area contributed by atoms with Crippen molar-refractivity contribution in [1.82, 2.24) is 19.6 Å². The first-order valence-electron chi connectivity index (χ1n) is 5.91. The number of hydrogen-bond donors (Lipinski definition) is 2. The van der Waals surface area contributed by atoms with Crippen LogP contribution in [0.25, 0.3) is 5.65 Å². The lowest BCUT2D eigenvalue weighted by molar-refractivity contribution is 0.00251. The SMILES string of the molecule is C[C@H]1C[C@@H](CO)O[C@H]1c1cnc2c(N)ncnn12. The molecule has 1 fully saturated rings. The van der Waals surface area contributed by atoms with Crippen molar-refractivity contribution in [2.45, 2.75) is 25.6 Å². The van der Waals surface area contributed by atoms with Crippen molar-refractivity contribution in [2.24, 2.45) is 5.92 Å². The third-order valence-corrected chi connectivity index (χ3v) is 3.34. The molecular weight excluding hydrogens is 234 g/mol. The summed E-state index contributed by atoms with van der Waals surface area (Å²) >= 11 is 0. The zero-order valence-electron chi connectivity index (χ0n) is 10.0. The number of aromatic nitrogens is 4. The lowest BCUT2D eigenvalue weighted by Gasteiger charge is -2.14. The smallest absolute Gasteiger partial charge is 0.196 e. The third-order valence-electron chi connectivity index (χ3n) is 3.34. The highest BCUT2D eigenvalue weighted by atomic mass is 16.5. The monoisotopic (exact) mass is 249 g/mol. The summed E-state index contributed by atoms with van der Waals surface area (Å²) < 4.78 is 7.46. The van der Waals surface area contributed by atoms with E-state index in [9.17, 15) is 0 Å². The van der Waals surface area contributed by atoms with Crippen molar-refractivity contribution in [1.29, 1.82) is 0 Å². The van der Waals surface area contributed by atoms with Crippen LogP contribution in [0.2, 0.25) is 0 Å². The van der Waals surface area contributed by atoms with Gasteiger partial charge < -0.3 is 15.6 Å². The third kappa shape index (κ3) is 1.63. The highest BCUT2D eigenvalue weighted by Gasteiger charge is 2.35. The first kappa shape index (κ1) is 11.4. The predicted molar refractivity (Wildman–Crippen MR) is 63.7 cm³/mol. The molecule has 7 heteroatoms. The molecule has 0 radical (unpaired) electrons. The molecule has 0 amide bonds. The predicted octanol–water partition coefficient (Wildman–Crippen LogP) is 0.165. The Labute approximate surface area is 104 Å². The summed E-state index contributed by atoms with van der Waals surface area (Å²) in [5.41, 5.74) is 7.13. The van der Waals surface area contributed by atoms with E-state index < -0.39 is 0 Å². The molecule has 0 saturated carbocycles. The molecular formula is C11H15N5O2. The minimum absolute atomic E-state index is 0.0364. The van der Waals surface area contributed by atoms with Gasteiger partial charge in [-0.15, -0.1) is 0 Å². The fraction of sp³-hybridized carbons (Fsp3) is 0.545. The number of nitrogen functional groups attached to an aromatic ring is 1. The van der Waals surface area contributed by atoms with E-state index in [1.54, 1.807) is 10.7 Å². The Hall–Kier alpha value is -1.73. The Morgan fingerprint density at radius 3 is 3.11 bits per heavy atom. The van der Waals surface area contributed by atoms with Crippen LogP contribution in [0.15, 0.2) is 12.5 Å². The van der Waals surface area contributed by atoms with Crippen molar-refractivity contribution in [3.63, 3.8) is 0 Å². The topological polar surface area (TPSA) is 98.6 Å². The number of nitrogens with two attached hydrogens (primary N) is 1. The number of aliphatic hydroxyl groups is 1. The Morgan fingerprint density at radius 2 is 2.39 bits per heavy atom. The second-order valence-electron chi connectivity index (χ2n) is 4.64. The van der Waals surface area contributed by atoms with Gasteiger partial charge in [0.1, 0.15) is 12.4 Å². The van der Waals surface area contributed by atoms with Crippen LogP contribution in [0.4, 0.5) is 5.82 Å². The van der Waals surface area contributed by atoms with Gasteiger partial charge in [-0.05, 0) is 12.3 Å². The molecule has 3 heterocycles. The van der Waals surface area contributed by atoms with E-state index in [0.29, 0.717) is 17.4 Å². The van der Waals surface area contributed by atoms with Gasteiger partial charge in [0.2, 0.25) is 0 Å². The fourth-order valence-electron chi connectivity index (χ4n) is 2.46. The maximum atomic E-state index is 9.16. The molecule has 0 bridgehead atoms. The zero-order chi connectivity index (χ0) is 12.7. The molecule has 2 aromatic heterocycles. The van der Waals surface area contributed by atoms with E-state index in [2.05, 4.69) is 22.0 Å². The molecule has 1 aliphatic rings. The highest BCUT2D eigenvalue weighted by molar-refractivity contribution is 5.58. The van der Waals surface area contributed by atoms with Gasteiger partial charge in [-0.1, -0.05) is 6.92 Å². The number of anilines is 1. The van der Waals surface area contributed by atoms with Crippen LogP contribution in [-0.4, -0.2) is 37.4 Å². The lowest BCUT2D eigenvalue weighted by Crippen LogP contribution is -2.12. The summed E-state index contributed by atoms with van der Waals surface area (Å²) in [4.78, 5) is 8.12. The van der Waals surface area contributed by atoms with Gasteiger partial charge in [0.15, 0.2) is 11.5 Å². The standard InChI is InChI=1S/C11H15N5O2/c1-6-2-7(4-17)18-9(6)8-3-13-11-10(12)14-5-15-16(8)11/h3,5-7,9,17H,2,4H2,1H3,(H2,12,14,15)/t6-,7-,9+/m0/s1. The molecule has 3 rings (SSSR count). The average Bonchev–Trinajstić information content (AvgIpc) is 2.93. The van der Waals surface area contributed by atoms with Crippen LogP contribution in [0.3, 0.4) is 0 Å². The summed E-state index contributed by atoms with van der Waals surface area (Å²) in [6, 6.07) is 0. The van der Waals surface area contributed by atoms with Crippen molar-refractivity contribution >= 4 is 11.5 Å². The Bertz CT molecular complexity index is 570. The minimum atomic E-state index is -0.119. The van der Waals surface area contributed by atoms with Crippen LogP contribution < -0.4 is 5.73 Å². The lowest BCUT2D eigenvalue weighted by atomic mass is 10.00. The zero-order valence-corrected chi connectivity index (χ0v) is 10.0. The van der Waals surface area contributed by atoms with E-state index in [0.717, 1.165) is 12.1 Å². The second kappa shape index (κ2) is 4.18. The Kier molecular flexibility index (Phi) is 2.64. The van der Waals surface area contributed by atoms with E-state index in [-0.39, 0.29) is 18.8 Å². The van der Waals surface area contributed by atoms with E-state index in [1.165, 1.54) is 6.33 Å². The van der Waals surface area contributed by atoms with Crippen molar-refractivity contribution in [2.75, 3.05) is 12.3 Å². The molecule has 3 atom stereocenters. The van der Waals surface area contributed by atoms with Crippen LogP contribution >= 0.6 is 0 Å². The summed E-state index contributed by atoms with van der Waals surface area (Å²) in [5, 5.41) is 13.3. The summed E-state index contributed by atoms with van der Waals surface area (Å²) in [6.07, 6.45) is 3.70. The van der Waals surface area contributed by atoms with Crippen molar-refractivity contribution in [3.8, 4) is 0 Å². The quantitative estimate of drug-likeness (QED) is 0.787. The first-order valence-corrected chi connectivity index (χ1v) is 5.91. The Balaban J connectivity index is 2.02. The van der Waals surface area contributed by atoms with Gasteiger partial charge >= 0.3 is 0 Å². The van der Waals surface area contributed by atoms with Crippen LogP contribution in [0.1, 0.15) is 25.1 Å². The normalized spacial score (nSPS) is 28.0. The molecule has 18 heavy (non-hydrogen) atoms. The molecule has 0 aromatic carbocycles. The van der Waals surface area contributed by atoms with E-state index in [1.807, 2.05) is 0 Å². The van der Waals surface area contributed by atoms with Crippen LogP contribution in [0.5, 0.6) is 0 Å². The van der Waals surface area contributed by atoms with Gasteiger partial charge in [0.05, 0.1) is 24.6 Å². The molecule has 2 aromatic rings. The molecule has 0 aliphatic carbocycles. The molecule has 1 saturated heterocycles. The van der Waals surface area contributed by atoms with Crippen molar-refractivity contribution < 1.29 is 9.84 Å². The molecule has 7 nitrogen and oxygen atoms in total. The molecule has 0 unspecified atom stereocenters. The summed E-state index contributed by atoms with van der Waals surface area (Å²) in [5.74, 6) is 0.652. The number of rotatable bonds is 2. The highest BCUT2D eigenvalue weighted by Crippen LogP contribution is 2.37. The number of ether oxygens (including phenoxy) is 1. The average molecular weight is 249 g/mol. The maximum absolute atomic E-state index is 9.16. The Morgan fingerprint density at radius 1 is 1.56 bits per heavy atom. The number of imidazole rings is 1. The van der Waals surface area contributed by atoms with Crippen LogP contribution in [-0.2, 0) is 4.74 Å². The van der Waals surface area contributed by atoms with Crippen molar-refractivity contribution in [3.05, 3.63) is 18.2 Å². The first-order chi connectivity index (χ1) is 8.70. The molecule has 0 spiro atoms.